The number of thiazole rings is 1. The number of morpholine rings is 1. The first-order valence-corrected chi connectivity index (χ1v) is 11.8. The first kappa shape index (κ1) is 20.3. The van der Waals surface area contributed by atoms with Gasteiger partial charge in [-0.05, 0) is 50.5 Å². The number of rotatable bonds is 5. The second kappa shape index (κ2) is 9.25. The van der Waals surface area contributed by atoms with Gasteiger partial charge in [0.05, 0.1) is 29.6 Å². The summed E-state index contributed by atoms with van der Waals surface area (Å²) >= 11 is 1.61. The van der Waals surface area contributed by atoms with Crippen molar-refractivity contribution in [3.63, 3.8) is 0 Å². The van der Waals surface area contributed by atoms with E-state index >= 15 is 0 Å². The van der Waals surface area contributed by atoms with Gasteiger partial charge in [0, 0.05) is 13.1 Å². The predicted octanol–water partition coefficient (Wildman–Crippen LogP) is 0.630. The molecule has 9 heteroatoms. The Hall–Kier alpha value is -1.62. The van der Waals surface area contributed by atoms with Crippen LogP contribution in [0.2, 0.25) is 0 Å². The molecule has 0 bridgehead atoms. The SMILES string of the molecule is O=C1NC(N2CCOCC2)NC(NCC2CCNCC2)C1c1nc2ccccc2s1. The second-order valence-electron chi connectivity index (χ2n) is 8.30. The van der Waals surface area contributed by atoms with E-state index in [1.165, 1.54) is 12.8 Å². The molecule has 3 atom stereocenters. The third-order valence-corrected chi connectivity index (χ3v) is 7.42. The van der Waals surface area contributed by atoms with E-state index in [0.717, 1.165) is 47.9 Å². The van der Waals surface area contributed by atoms with Crippen molar-refractivity contribution in [3.8, 4) is 0 Å². The van der Waals surface area contributed by atoms with Crippen molar-refractivity contribution in [2.75, 3.05) is 45.9 Å². The van der Waals surface area contributed by atoms with Crippen LogP contribution in [0.1, 0.15) is 23.8 Å². The molecule has 0 spiro atoms. The number of nitrogens with zero attached hydrogens (tertiary/aromatic N) is 2. The number of carbonyl (C=O) groups is 1. The zero-order chi connectivity index (χ0) is 20.3. The molecule has 4 heterocycles. The first-order valence-electron chi connectivity index (χ1n) is 11.0. The molecule has 3 aliphatic heterocycles. The van der Waals surface area contributed by atoms with Gasteiger partial charge >= 0.3 is 0 Å². The Labute approximate surface area is 180 Å². The number of ether oxygens (including phenoxy) is 1. The molecule has 4 N–H and O–H groups in total. The van der Waals surface area contributed by atoms with Gasteiger partial charge in [0.15, 0.2) is 0 Å². The maximum atomic E-state index is 13.3. The molecule has 162 valence electrons. The normalized spacial score (nSPS) is 29.2. The van der Waals surface area contributed by atoms with Crippen LogP contribution in [0.4, 0.5) is 0 Å². The smallest absolute Gasteiger partial charge is 0.235 e. The van der Waals surface area contributed by atoms with Crippen LogP contribution in [0.5, 0.6) is 0 Å². The molecule has 1 aromatic carbocycles. The highest BCUT2D eigenvalue weighted by Crippen LogP contribution is 2.31. The van der Waals surface area contributed by atoms with Crippen molar-refractivity contribution in [1.29, 1.82) is 0 Å². The lowest BCUT2D eigenvalue weighted by atomic mass is 9.96. The quantitative estimate of drug-likeness (QED) is 0.553. The predicted molar refractivity (Wildman–Crippen MR) is 117 cm³/mol. The summed E-state index contributed by atoms with van der Waals surface area (Å²) in [7, 11) is 0. The molecule has 1 amide bonds. The van der Waals surface area contributed by atoms with Gasteiger partial charge in [-0.25, -0.2) is 4.98 Å². The number of piperidine rings is 1. The minimum atomic E-state index is -0.346. The minimum Gasteiger partial charge on any atom is -0.379 e. The highest BCUT2D eigenvalue weighted by molar-refractivity contribution is 7.18. The Bertz CT molecular complexity index is 831. The molecule has 8 nitrogen and oxygen atoms in total. The van der Waals surface area contributed by atoms with Gasteiger partial charge in [-0.3, -0.25) is 15.0 Å². The number of fused-ring (bicyclic) bond motifs is 1. The monoisotopic (exact) mass is 430 g/mol. The van der Waals surface area contributed by atoms with Gasteiger partial charge in [-0.15, -0.1) is 11.3 Å². The summed E-state index contributed by atoms with van der Waals surface area (Å²) in [6.07, 6.45) is 2.01. The Kier molecular flexibility index (Phi) is 6.26. The first-order chi connectivity index (χ1) is 14.8. The lowest BCUT2D eigenvalue weighted by Crippen LogP contribution is -2.70. The van der Waals surface area contributed by atoms with E-state index in [4.69, 9.17) is 9.72 Å². The summed E-state index contributed by atoms with van der Waals surface area (Å²) < 4.78 is 6.60. The van der Waals surface area contributed by atoms with E-state index in [1.54, 1.807) is 11.3 Å². The lowest BCUT2D eigenvalue weighted by molar-refractivity contribution is -0.131. The van der Waals surface area contributed by atoms with E-state index in [0.29, 0.717) is 19.1 Å². The Balaban J connectivity index is 1.37. The molecule has 3 aliphatic rings. The minimum absolute atomic E-state index is 0.0344. The summed E-state index contributed by atoms with van der Waals surface area (Å²) in [6.45, 7) is 6.07. The molecular weight excluding hydrogens is 400 g/mol. The summed E-state index contributed by atoms with van der Waals surface area (Å²) in [4.78, 5) is 20.3. The van der Waals surface area contributed by atoms with Gasteiger partial charge in [0.1, 0.15) is 17.2 Å². The van der Waals surface area contributed by atoms with Crippen molar-refractivity contribution in [2.45, 2.75) is 31.2 Å². The van der Waals surface area contributed by atoms with Crippen molar-refractivity contribution in [3.05, 3.63) is 29.3 Å². The zero-order valence-electron chi connectivity index (χ0n) is 17.1. The number of carbonyl (C=O) groups excluding carboxylic acids is 1. The molecule has 0 saturated carbocycles. The van der Waals surface area contributed by atoms with E-state index < -0.39 is 0 Å². The van der Waals surface area contributed by atoms with Gasteiger partial charge in [-0.1, -0.05) is 12.1 Å². The van der Waals surface area contributed by atoms with Crippen LogP contribution >= 0.6 is 11.3 Å². The van der Waals surface area contributed by atoms with Crippen LogP contribution < -0.4 is 21.3 Å². The Morgan fingerprint density at radius 2 is 2.00 bits per heavy atom. The highest BCUT2D eigenvalue weighted by atomic mass is 32.1. The molecule has 2 aromatic rings. The topological polar surface area (TPSA) is 90.6 Å². The summed E-state index contributed by atoms with van der Waals surface area (Å²) in [5.74, 6) is 0.324. The van der Waals surface area contributed by atoms with Crippen LogP contribution in [0.15, 0.2) is 24.3 Å². The standard InChI is InChI=1S/C21H30N6O2S/c28-19-17(20-24-15-3-1-2-4-16(15)30-20)18(23-13-14-5-7-22-8-6-14)25-21(26-19)27-9-11-29-12-10-27/h1-4,14,17-18,21-23,25H,5-13H2,(H,26,28). The number of hydrogen-bond donors (Lipinski definition) is 4. The molecule has 5 rings (SSSR count). The number of aromatic nitrogens is 1. The number of benzene rings is 1. The molecule has 1 aromatic heterocycles. The molecular formula is C21H30N6O2S. The average Bonchev–Trinajstić information content (AvgIpc) is 3.22. The lowest BCUT2D eigenvalue weighted by Gasteiger charge is -2.43. The fourth-order valence-corrected chi connectivity index (χ4v) is 5.65. The van der Waals surface area contributed by atoms with Crippen LogP contribution in [0.3, 0.4) is 0 Å². The molecule has 3 unspecified atom stereocenters. The van der Waals surface area contributed by atoms with Crippen molar-refractivity contribution in [2.24, 2.45) is 5.92 Å². The maximum Gasteiger partial charge on any atom is 0.235 e. The van der Waals surface area contributed by atoms with Crippen LogP contribution in [-0.4, -0.2) is 74.2 Å². The third-order valence-electron chi connectivity index (χ3n) is 6.30. The summed E-state index contributed by atoms with van der Waals surface area (Å²) in [5, 5.41) is 14.8. The Morgan fingerprint density at radius 1 is 1.20 bits per heavy atom. The Morgan fingerprint density at radius 3 is 2.80 bits per heavy atom. The van der Waals surface area contributed by atoms with Gasteiger partial charge in [0.25, 0.3) is 0 Å². The van der Waals surface area contributed by atoms with E-state index in [2.05, 4.69) is 32.2 Å². The fourth-order valence-electron chi connectivity index (χ4n) is 4.55. The van der Waals surface area contributed by atoms with Crippen molar-refractivity contribution < 1.29 is 9.53 Å². The summed E-state index contributed by atoms with van der Waals surface area (Å²) in [5.41, 5.74) is 0.956. The molecule has 3 fully saturated rings. The number of hydrogen-bond acceptors (Lipinski definition) is 8. The number of para-hydroxylation sites is 1. The molecule has 0 aliphatic carbocycles. The van der Waals surface area contributed by atoms with Crippen molar-refractivity contribution in [1.82, 2.24) is 31.2 Å². The second-order valence-corrected chi connectivity index (χ2v) is 9.37. The van der Waals surface area contributed by atoms with E-state index in [9.17, 15) is 4.79 Å². The average molecular weight is 431 g/mol. The highest BCUT2D eigenvalue weighted by Gasteiger charge is 2.41. The molecule has 30 heavy (non-hydrogen) atoms. The van der Waals surface area contributed by atoms with Crippen LogP contribution in [0, 0.1) is 5.92 Å². The van der Waals surface area contributed by atoms with Crippen LogP contribution in [-0.2, 0) is 9.53 Å². The molecule has 3 saturated heterocycles. The zero-order valence-corrected chi connectivity index (χ0v) is 17.9. The van der Waals surface area contributed by atoms with Crippen LogP contribution in [0.25, 0.3) is 10.2 Å². The maximum absolute atomic E-state index is 13.3. The van der Waals surface area contributed by atoms with Crippen molar-refractivity contribution >= 4 is 27.5 Å². The fraction of sp³-hybridized carbons (Fsp3) is 0.619. The van der Waals surface area contributed by atoms with Gasteiger partial charge < -0.3 is 20.7 Å². The number of nitrogens with one attached hydrogen (secondary N) is 4. The number of amides is 1. The van der Waals surface area contributed by atoms with E-state index in [-0.39, 0.29) is 24.3 Å². The largest absolute Gasteiger partial charge is 0.379 e. The van der Waals surface area contributed by atoms with E-state index in [1.807, 2.05) is 18.2 Å². The molecule has 0 radical (unpaired) electrons. The summed E-state index contributed by atoms with van der Waals surface area (Å²) in [6, 6.07) is 8.09. The van der Waals surface area contributed by atoms with Gasteiger partial charge in [0.2, 0.25) is 5.91 Å². The third kappa shape index (κ3) is 4.37. The van der Waals surface area contributed by atoms with Gasteiger partial charge in [-0.2, -0.15) is 0 Å².